The van der Waals surface area contributed by atoms with Crippen LogP contribution in [0, 0.1) is 29.6 Å². The molecule has 5 nitrogen and oxygen atoms in total. The molecule has 0 heterocycles. The van der Waals surface area contributed by atoms with Crippen LogP contribution in [-0.4, -0.2) is 30.4 Å². The Kier molecular flexibility index (Phi) is 11.5. The van der Waals surface area contributed by atoms with E-state index in [1.54, 1.807) is 6.92 Å². The van der Waals surface area contributed by atoms with Crippen LogP contribution in [0.5, 0.6) is 0 Å². The molecule has 0 aromatic rings. The van der Waals surface area contributed by atoms with E-state index in [1.165, 1.54) is 6.42 Å². The van der Waals surface area contributed by atoms with Gasteiger partial charge in [-0.15, -0.1) is 0 Å². The second kappa shape index (κ2) is 13.0. The fraction of sp³-hybridized carbons (Fsp3) is 0.875. The first-order valence-corrected chi connectivity index (χ1v) is 11.6. The number of carbonyl (C=O) groups excluding carboxylic acids is 3. The molecule has 0 saturated heterocycles. The molecule has 0 aliphatic heterocycles. The highest BCUT2D eigenvalue weighted by molar-refractivity contribution is 5.81. The van der Waals surface area contributed by atoms with Crippen molar-refractivity contribution in [3.63, 3.8) is 0 Å². The first-order chi connectivity index (χ1) is 13.7. The first-order valence-electron chi connectivity index (χ1n) is 11.6. The zero-order valence-corrected chi connectivity index (χ0v) is 19.4. The lowest BCUT2D eigenvalue weighted by Gasteiger charge is -2.31. The lowest BCUT2D eigenvalue weighted by molar-refractivity contribution is -0.159. The highest BCUT2D eigenvalue weighted by Gasteiger charge is 2.32. The maximum Gasteiger partial charge on any atom is 0.308 e. The van der Waals surface area contributed by atoms with Gasteiger partial charge in [0.15, 0.2) is 0 Å². The Morgan fingerprint density at radius 3 is 2.14 bits per heavy atom. The summed E-state index contributed by atoms with van der Waals surface area (Å²) in [4.78, 5) is 37.3. The van der Waals surface area contributed by atoms with Gasteiger partial charge in [-0.3, -0.25) is 14.4 Å². The highest BCUT2D eigenvalue weighted by Crippen LogP contribution is 2.31. The molecule has 5 atom stereocenters. The van der Waals surface area contributed by atoms with Gasteiger partial charge in [0.2, 0.25) is 0 Å². The number of rotatable bonds is 12. The van der Waals surface area contributed by atoms with Crippen molar-refractivity contribution in [3.05, 3.63) is 0 Å². The summed E-state index contributed by atoms with van der Waals surface area (Å²) >= 11 is 0. The fourth-order valence-electron chi connectivity index (χ4n) is 4.15. The average Bonchev–Trinajstić information content (AvgIpc) is 2.69. The molecular formula is C24H42O5. The van der Waals surface area contributed by atoms with Crippen LogP contribution in [0.25, 0.3) is 0 Å². The van der Waals surface area contributed by atoms with Crippen molar-refractivity contribution >= 4 is 17.7 Å². The van der Waals surface area contributed by atoms with Crippen LogP contribution in [0.2, 0.25) is 0 Å². The van der Waals surface area contributed by atoms with Gasteiger partial charge in [-0.25, -0.2) is 0 Å². The second-order valence-corrected chi connectivity index (χ2v) is 9.24. The Balaban J connectivity index is 2.65. The maximum atomic E-state index is 12.7. The molecule has 29 heavy (non-hydrogen) atoms. The molecule has 0 aromatic carbocycles. The fourth-order valence-corrected chi connectivity index (χ4v) is 4.15. The van der Waals surface area contributed by atoms with Crippen molar-refractivity contribution < 1.29 is 23.9 Å². The number of hydrogen-bond donors (Lipinski definition) is 0. The van der Waals surface area contributed by atoms with E-state index in [0.29, 0.717) is 31.8 Å². The van der Waals surface area contributed by atoms with Gasteiger partial charge in [-0.1, -0.05) is 41.0 Å². The van der Waals surface area contributed by atoms with E-state index in [2.05, 4.69) is 6.92 Å². The van der Waals surface area contributed by atoms with E-state index >= 15 is 0 Å². The predicted molar refractivity (Wildman–Crippen MR) is 114 cm³/mol. The summed E-state index contributed by atoms with van der Waals surface area (Å²) in [6.07, 6.45) is 6.89. The Bertz CT molecular complexity index is 527. The third-order valence-corrected chi connectivity index (χ3v) is 6.20. The summed E-state index contributed by atoms with van der Waals surface area (Å²) in [7, 11) is 0. The molecule has 0 aromatic heterocycles. The smallest absolute Gasteiger partial charge is 0.308 e. The van der Waals surface area contributed by atoms with Crippen LogP contribution < -0.4 is 0 Å². The average molecular weight is 411 g/mol. The molecule has 1 fully saturated rings. The zero-order chi connectivity index (χ0) is 22.0. The van der Waals surface area contributed by atoms with E-state index in [0.717, 1.165) is 25.7 Å². The van der Waals surface area contributed by atoms with Gasteiger partial charge in [0.05, 0.1) is 18.4 Å². The van der Waals surface area contributed by atoms with Gasteiger partial charge in [-0.05, 0) is 63.7 Å². The van der Waals surface area contributed by atoms with Crippen molar-refractivity contribution in [2.24, 2.45) is 29.6 Å². The number of hydrogen-bond acceptors (Lipinski definition) is 5. The van der Waals surface area contributed by atoms with Gasteiger partial charge in [0.1, 0.15) is 11.9 Å². The molecule has 5 unspecified atom stereocenters. The topological polar surface area (TPSA) is 69.7 Å². The molecule has 1 rings (SSSR count). The summed E-state index contributed by atoms with van der Waals surface area (Å²) in [5.74, 6) is -0.703. The molecular weight excluding hydrogens is 368 g/mol. The van der Waals surface area contributed by atoms with Gasteiger partial charge < -0.3 is 9.47 Å². The minimum atomic E-state index is -0.354. The molecule has 0 spiro atoms. The Hall–Kier alpha value is -1.39. The quantitative estimate of drug-likeness (QED) is 0.406. The molecule has 0 bridgehead atoms. The monoisotopic (exact) mass is 410 g/mol. The number of ketones is 1. The largest absolute Gasteiger partial charge is 0.465 e. The number of esters is 2. The van der Waals surface area contributed by atoms with Gasteiger partial charge in [-0.2, -0.15) is 0 Å². The van der Waals surface area contributed by atoms with Crippen LogP contribution >= 0.6 is 0 Å². The summed E-state index contributed by atoms with van der Waals surface area (Å²) in [5, 5.41) is 0. The van der Waals surface area contributed by atoms with Crippen molar-refractivity contribution in [1.82, 2.24) is 0 Å². The van der Waals surface area contributed by atoms with Crippen molar-refractivity contribution in [2.45, 2.75) is 99.0 Å². The normalized spacial score (nSPS) is 22.6. The van der Waals surface area contributed by atoms with E-state index in [-0.39, 0.29) is 47.5 Å². The number of Topliss-reactive ketones (excluding diaryl/α,β-unsaturated/α-hetero) is 1. The first kappa shape index (κ1) is 25.6. The molecule has 1 aliphatic carbocycles. The summed E-state index contributed by atoms with van der Waals surface area (Å²) < 4.78 is 11.2. The summed E-state index contributed by atoms with van der Waals surface area (Å²) in [6, 6.07) is 0. The van der Waals surface area contributed by atoms with Crippen molar-refractivity contribution in [1.29, 1.82) is 0 Å². The predicted octanol–water partition coefficient (Wildman–Crippen LogP) is 5.35. The van der Waals surface area contributed by atoms with Crippen molar-refractivity contribution in [2.75, 3.05) is 6.61 Å². The molecule has 0 amide bonds. The highest BCUT2D eigenvalue weighted by atomic mass is 16.5. The van der Waals surface area contributed by atoms with Gasteiger partial charge >= 0.3 is 11.9 Å². The Morgan fingerprint density at radius 2 is 1.59 bits per heavy atom. The minimum absolute atomic E-state index is 0.00822. The number of carbonyl (C=O) groups is 3. The van der Waals surface area contributed by atoms with Gasteiger partial charge in [0.25, 0.3) is 0 Å². The minimum Gasteiger partial charge on any atom is -0.465 e. The van der Waals surface area contributed by atoms with Crippen LogP contribution in [0.1, 0.15) is 92.9 Å². The van der Waals surface area contributed by atoms with E-state index in [4.69, 9.17) is 9.47 Å². The molecule has 1 aliphatic rings. The molecule has 1 saturated carbocycles. The lowest BCUT2D eigenvalue weighted by atomic mass is 9.83. The molecule has 5 heteroatoms. The second-order valence-electron chi connectivity index (χ2n) is 9.24. The van der Waals surface area contributed by atoms with Gasteiger partial charge in [0, 0.05) is 5.92 Å². The van der Waals surface area contributed by atoms with E-state index < -0.39 is 0 Å². The molecule has 0 N–H and O–H groups in total. The lowest BCUT2D eigenvalue weighted by Crippen LogP contribution is -2.33. The van der Waals surface area contributed by atoms with Crippen molar-refractivity contribution in [3.8, 4) is 0 Å². The maximum absolute atomic E-state index is 12.7. The van der Waals surface area contributed by atoms with Crippen LogP contribution in [0.4, 0.5) is 0 Å². The molecule has 0 radical (unpaired) electrons. The Labute approximate surface area is 177 Å². The SMILES string of the molecule is CCC(CC(CC(C)C(=O)OC1CCCCC1CC)C(C)=O)C(=O)OCC(C)C. The Morgan fingerprint density at radius 1 is 0.931 bits per heavy atom. The zero-order valence-electron chi connectivity index (χ0n) is 19.4. The molecule has 168 valence electrons. The van der Waals surface area contributed by atoms with E-state index in [9.17, 15) is 14.4 Å². The van der Waals surface area contributed by atoms with E-state index in [1.807, 2.05) is 27.7 Å². The summed E-state index contributed by atoms with van der Waals surface area (Å²) in [5.41, 5.74) is 0. The number of ether oxygens (including phenoxy) is 2. The third kappa shape index (κ3) is 8.88. The standard InChI is InChI=1S/C24H42O5/c1-7-19-11-9-10-12-22(19)29-23(26)17(5)13-21(18(6)25)14-20(8-2)24(27)28-15-16(3)4/h16-17,19-22H,7-15H2,1-6H3. The third-order valence-electron chi connectivity index (χ3n) is 6.20. The van der Waals surface area contributed by atoms with Crippen LogP contribution in [0.15, 0.2) is 0 Å². The van der Waals surface area contributed by atoms with Crippen LogP contribution in [0.3, 0.4) is 0 Å². The summed E-state index contributed by atoms with van der Waals surface area (Å²) in [6.45, 7) is 11.8. The van der Waals surface area contributed by atoms with Crippen LogP contribution in [-0.2, 0) is 23.9 Å².